The fourth-order valence-corrected chi connectivity index (χ4v) is 1.41. The molecular weight excluding hydrogens is 164 g/mol. The van der Waals surface area contributed by atoms with Crippen molar-refractivity contribution in [2.24, 2.45) is 0 Å². The molecule has 0 aliphatic carbocycles. The summed E-state index contributed by atoms with van der Waals surface area (Å²) in [6, 6.07) is 0. The average Bonchev–Trinajstić information content (AvgIpc) is 2.28. The van der Waals surface area contributed by atoms with Crippen LogP contribution in [0, 0.1) is 0 Å². The number of anilines is 1. The Hall–Kier alpha value is -0.990. The van der Waals surface area contributed by atoms with Gasteiger partial charge in [0.1, 0.15) is 5.76 Å². The quantitative estimate of drug-likeness (QED) is 0.726. The van der Waals surface area contributed by atoms with E-state index in [-0.39, 0.29) is 5.41 Å². The van der Waals surface area contributed by atoms with Crippen molar-refractivity contribution in [1.82, 2.24) is 5.16 Å². The van der Waals surface area contributed by atoms with Gasteiger partial charge >= 0.3 is 0 Å². The lowest BCUT2D eigenvalue weighted by molar-refractivity contribution is 0.327. The van der Waals surface area contributed by atoms with Crippen molar-refractivity contribution in [1.29, 1.82) is 0 Å². The molecule has 0 fully saturated rings. The van der Waals surface area contributed by atoms with Crippen molar-refractivity contribution in [3.05, 3.63) is 11.3 Å². The predicted molar refractivity (Wildman–Crippen MR) is 53.7 cm³/mol. The molecule has 0 radical (unpaired) electrons. The van der Waals surface area contributed by atoms with Gasteiger partial charge in [-0.05, 0) is 5.92 Å². The van der Waals surface area contributed by atoms with Crippen molar-refractivity contribution >= 4 is 5.82 Å². The van der Waals surface area contributed by atoms with Gasteiger partial charge in [0.05, 0.1) is 0 Å². The molecule has 1 aromatic rings. The van der Waals surface area contributed by atoms with Crippen molar-refractivity contribution in [2.75, 3.05) is 5.73 Å². The van der Waals surface area contributed by atoms with E-state index in [0.717, 1.165) is 11.3 Å². The summed E-state index contributed by atoms with van der Waals surface area (Å²) in [4.78, 5) is 0. The molecule has 0 saturated carbocycles. The number of hydrogen-bond donors (Lipinski definition) is 1. The van der Waals surface area contributed by atoms with E-state index in [0.29, 0.717) is 11.7 Å². The molecule has 3 heteroatoms. The van der Waals surface area contributed by atoms with Crippen LogP contribution in [0.2, 0.25) is 0 Å². The average molecular weight is 182 g/mol. The predicted octanol–water partition coefficient (Wildman–Crippen LogP) is 2.68. The monoisotopic (exact) mass is 182 g/mol. The fraction of sp³-hybridized carbons (Fsp3) is 0.700. The summed E-state index contributed by atoms with van der Waals surface area (Å²) in [7, 11) is 0. The Balaban J connectivity index is 3.23. The molecule has 2 N–H and O–H groups in total. The molecule has 0 amide bonds. The maximum absolute atomic E-state index is 5.73. The Labute approximate surface area is 79.3 Å². The molecule has 0 aliphatic heterocycles. The lowest BCUT2D eigenvalue weighted by Crippen LogP contribution is -2.13. The summed E-state index contributed by atoms with van der Waals surface area (Å²) < 4.78 is 5.25. The van der Waals surface area contributed by atoms with Crippen LogP contribution in [-0.4, -0.2) is 5.16 Å². The molecule has 1 rings (SSSR count). The largest absolute Gasteiger partial charge is 0.381 e. The van der Waals surface area contributed by atoms with Gasteiger partial charge in [-0.25, -0.2) is 0 Å². The maximum atomic E-state index is 5.73. The highest BCUT2D eigenvalue weighted by molar-refractivity contribution is 5.44. The normalized spacial score (nSPS) is 12.5. The number of nitrogens with zero attached hydrogens (tertiary/aromatic N) is 1. The number of hydrogen-bond acceptors (Lipinski definition) is 3. The van der Waals surface area contributed by atoms with E-state index in [1.807, 2.05) is 0 Å². The molecule has 0 saturated heterocycles. The van der Waals surface area contributed by atoms with E-state index >= 15 is 0 Å². The molecule has 0 unspecified atom stereocenters. The molecule has 3 nitrogen and oxygen atoms in total. The molecule has 0 bridgehead atoms. The first-order chi connectivity index (χ1) is 5.84. The zero-order valence-corrected chi connectivity index (χ0v) is 9.01. The van der Waals surface area contributed by atoms with Crippen LogP contribution in [0.15, 0.2) is 4.52 Å². The molecule has 74 valence electrons. The maximum Gasteiger partial charge on any atom is 0.170 e. The topological polar surface area (TPSA) is 52.0 Å². The third kappa shape index (κ3) is 1.85. The van der Waals surface area contributed by atoms with Gasteiger partial charge in [-0.1, -0.05) is 39.8 Å². The van der Waals surface area contributed by atoms with Gasteiger partial charge in [-0.2, -0.15) is 0 Å². The van der Waals surface area contributed by atoms with Crippen LogP contribution in [0.25, 0.3) is 0 Å². The zero-order chi connectivity index (χ0) is 10.2. The molecule has 13 heavy (non-hydrogen) atoms. The Morgan fingerprint density at radius 1 is 1.31 bits per heavy atom. The van der Waals surface area contributed by atoms with Gasteiger partial charge in [-0.3, -0.25) is 0 Å². The summed E-state index contributed by atoms with van der Waals surface area (Å²) >= 11 is 0. The zero-order valence-electron chi connectivity index (χ0n) is 9.01. The standard InChI is InChI=1S/C10H18N2O/c1-6(2)7-8(10(3,4)5)13-12-9(7)11/h6H,1-5H3,(H2,11,12). The first-order valence-corrected chi connectivity index (χ1v) is 4.59. The summed E-state index contributed by atoms with van der Waals surface area (Å²) in [5.74, 6) is 1.79. The second-order valence-corrected chi connectivity index (χ2v) is 4.72. The third-order valence-electron chi connectivity index (χ3n) is 2.01. The van der Waals surface area contributed by atoms with Crippen LogP contribution in [-0.2, 0) is 5.41 Å². The van der Waals surface area contributed by atoms with Crippen LogP contribution in [0.3, 0.4) is 0 Å². The number of nitrogens with two attached hydrogens (primary N) is 1. The first kappa shape index (κ1) is 10.1. The summed E-state index contributed by atoms with van der Waals surface area (Å²) in [5, 5.41) is 3.81. The minimum Gasteiger partial charge on any atom is -0.381 e. The van der Waals surface area contributed by atoms with Gasteiger partial charge in [0.2, 0.25) is 0 Å². The van der Waals surface area contributed by atoms with Crippen LogP contribution in [0.4, 0.5) is 5.82 Å². The van der Waals surface area contributed by atoms with E-state index in [1.54, 1.807) is 0 Å². The van der Waals surface area contributed by atoms with Crippen molar-refractivity contribution in [2.45, 2.75) is 46.0 Å². The number of rotatable bonds is 1. The minimum atomic E-state index is -0.0236. The van der Waals surface area contributed by atoms with E-state index in [1.165, 1.54) is 0 Å². The Kier molecular flexibility index (Phi) is 2.37. The van der Waals surface area contributed by atoms with E-state index in [4.69, 9.17) is 10.3 Å². The lowest BCUT2D eigenvalue weighted by Gasteiger charge is -2.17. The summed E-state index contributed by atoms with van der Waals surface area (Å²) in [6.07, 6.45) is 0. The molecule has 0 spiro atoms. The van der Waals surface area contributed by atoms with Crippen LogP contribution in [0.1, 0.15) is 51.9 Å². The molecule has 1 aromatic heterocycles. The lowest BCUT2D eigenvalue weighted by atomic mass is 9.87. The minimum absolute atomic E-state index is 0.0236. The van der Waals surface area contributed by atoms with E-state index < -0.39 is 0 Å². The highest BCUT2D eigenvalue weighted by Crippen LogP contribution is 2.33. The van der Waals surface area contributed by atoms with Crippen molar-refractivity contribution in [3.8, 4) is 0 Å². The Morgan fingerprint density at radius 2 is 1.85 bits per heavy atom. The fourth-order valence-electron chi connectivity index (χ4n) is 1.41. The van der Waals surface area contributed by atoms with Crippen LogP contribution < -0.4 is 5.73 Å². The Morgan fingerprint density at radius 3 is 2.15 bits per heavy atom. The molecular formula is C10H18N2O. The van der Waals surface area contributed by atoms with Gasteiger partial charge in [0.25, 0.3) is 0 Å². The first-order valence-electron chi connectivity index (χ1n) is 4.59. The van der Waals surface area contributed by atoms with Gasteiger partial charge in [0, 0.05) is 11.0 Å². The molecule has 1 heterocycles. The summed E-state index contributed by atoms with van der Waals surface area (Å²) in [5.41, 5.74) is 6.76. The van der Waals surface area contributed by atoms with E-state index in [2.05, 4.69) is 39.8 Å². The highest BCUT2D eigenvalue weighted by atomic mass is 16.5. The highest BCUT2D eigenvalue weighted by Gasteiger charge is 2.26. The van der Waals surface area contributed by atoms with Gasteiger partial charge < -0.3 is 10.3 Å². The number of nitrogen functional groups attached to an aromatic ring is 1. The smallest absolute Gasteiger partial charge is 0.170 e. The van der Waals surface area contributed by atoms with Crippen LogP contribution >= 0.6 is 0 Å². The molecule has 0 atom stereocenters. The van der Waals surface area contributed by atoms with E-state index in [9.17, 15) is 0 Å². The van der Waals surface area contributed by atoms with Crippen molar-refractivity contribution in [3.63, 3.8) is 0 Å². The van der Waals surface area contributed by atoms with Crippen LogP contribution in [0.5, 0.6) is 0 Å². The second-order valence-electron chi connectivity index (χ2n) is 4.72. The SMILES string of the molecule is CC(C)c1c(N)noc1C(C)(C)C. The van der Waals surface area contributed by atoms with Crippen molar-refractivity contribution < 1.29 is 4.52 Å². The second kappa shape index (κ2) is 3.05. The van der Waals surface area contributed by atoms with Gasteiger partial charge in [0.15, 0.2) is 5.82 Å². The van der Waals surface area contributed by atoms with Gasteiger partial charge in [-0.15, -0.1) is 0 Å². The third-order valence-corrected chi connectivity index (χ3v) is 2.01. The summed E-state index contributed by atoms with van der Waals surface area (Å²) in [6.45, 7) is 10.5. The Bertz CT molecular complexity index is 294. The molecule has 0 aliphatic rings. The molecule has 0 aromatic carbocycles. The number of aromatic nitrogens is 1.